The van der Waals surface area contributed by atoms with Crippen LogP contribution in [0.15, 0.2) is 0 Å². The van der Waals surface area contributed by atoms with Crippen molar-refractivity contribution in [2.75, 3.05) is 39.6 Å². The Bertz CT molecular complexity index is 1960. The summed E-state index contributed by atoms with van der Waals surface area (Å²) in [4.78, 5) is 72.9. The van der Waals surface area contributed by atoms with Gasteiger partial charge < -0.3 is 33.8 Å². The van der Waals surface area contributed by atoms with Crippen LogP contribution in [0.25, 0.3) is 0 Å². The van der Waals surface area contributed by atoms with Crippen LogP contribution >= 0.6 is 15.6 Å². The predicted molar refractivity (Wildman–Crippen MR) is 409 cm³/mol. The highest BCUT2D eigenvalue weighted by Crippen LogP contribution is 2.45. The molecular formula is C81H158O17P2. The van der Waals surface area contributed by atoms with E-state index in [1.54, 1.807) is 0 Å². The van der Waals surface area contributed by atoms with Crippen molar-refractivity contribution < 1.29 is 80.2 Å². The van der Waals surface area contributed by atoms with Gasteiger partial charge >= 0.3 is 39.5 Å². The second-order valence-corrected chi connectivity index (χ2v) is 33.5. The number of aliphatic hydroxyl groups excluding tert-OH is 1. The molecule has 594 valence electrons. The fraction of sp³-hybridized carbons (Fsp3) is 0.951. The fourth-order valence-electron chi connectivity index (χ4n) is 12.4. The van der Waals surface area contributed by atoms with E-state index in [9.17, 15) is 43.2 Å². The molecule has 0 aromatic heterocycles. The first-order valence-electron chi connectivity index (χ1n) is 41.8. The first-order chi connectivity index (χ1) is 48.2. The Balaban J connectivity index is 5.14. The molecule has 0 aliphatic rings. The Morgan fingerprint density at radius 2 is 0.480 bits per heavy atom. The molecule has 100 heavy (non-hydrogen) atoms. The van der Waals surface area contributed by atoms with Gasteiger partial charge in [0.1, 0.15) is 19.3 Å². The molecule has 0 aliphatic heterocycles. The van der Waals surface area contributed by atoms with E-state index in [-0.39, 0.29) is 25.7 Å². The van der Waals surface area contributed by atoms with E-state index in [0.717, 1.165) is 114 Å². The van der Waals surface area contributed by atoms with Gasteiger partial charge in [-0.3, -0.25) is 37.3 Å². The van der Waals surface area contributed by atoms with Crippen molar-refractivity contribution in [3.05, 3.63) is 0 Å². The topological polar surface area (TPSA) is 237 Å². The third kappa shape index (κ3) is 71.7. The molecule has 0 saturated carbocycles. The van der Waals surface area contributed by atoms with Crippen LogP contribution in [0.3, 0.4) is 0 Å². The standard InChI is InChI=1S/C81H158O17P2/c1-9-73(7)59-51-43-35-29-25-21-17-13-11-12-14-18-23-27-31-37-47-55-63-80(85)97-76(67-92-79(84)62-54-46-38-32-34-42-50-58-72(5)6)69-95-99(87,88)93-65-75(82)66-94-100(89,90)96-70-77(98-81(86)64-56-48-40-39-44-52-60-74(8)10-2)68-91-78(83)61-53-45-36-30-26-22-19-15-16-20-24-28-33-41-49-57-71(3)4/h71-77,82H,9-70H2,1-8H3,(H,87,88)(H,89,90)/t73?,74?,75?,76-,77-/m1/s1. The van der Waals surface area contributed by atoms with Gasteiger partial charge in [-0.05, 0) is 49.4 Å². The van der Waals surface area contributed by atoms with Crippen LogP contribution in [0.4, 0.5) is 0 Å². The molecule has 0 heterocycles. The molecule has 0 aromatic rings. The molecule has 0 bridgehead atoms. The predicted octanol–water partition coefficient (Wildman–Crippen LogP) is 24.0. The first-order valence-corrected chi connectivity index (χ1v) is 44.8. The Morgan fingerprint density at radius 3 is 0.710 bits per heavy atom. The number of carbonyl (C=O) groups excluding carboxylic acids is 4. The smallest absolute Gasteiger partial charge is 0.462 e. The van der Waals surface area contributed by atoms with Gasteiger partial charge in [-0.1, -0.05) is 364 Å². The summed E-state index contributed by atoms with van der Waals surface area (Å²) in [6.45, 7) is 14.2. The van der Waals surface area contributed by atoms with E-state index in [1.165, 1.54) is 212 Å². The third-order valence-electron chi connectivity index (χ3n) is 19.5. The van der Waals surface area contributed by atoms with Crippen LogP contribution in [-0.4, -0.2) is 96.7 Å². The van der Waals surface area contributed by atoms with Crippen LogP contribution in [-0.2, 0) is 65.4 Å². The first kappa shape index (κ1) is 98.1. The van der Waals surface area contributed by atoms with E-state index in [2.05, 4.69) is 55.4 Å². The lowest BCUT2D eigenvalue weighted by molar-refractivity contribution is -0.161. The summed E-state index contributed by atoms with van der Waals surface area (Å²) in [5, 5.41) is 10.6. The highest BCUT2D eigenvalue weighted by molar-refractivity contribution is 7.47. The lowest BCUT2D eigenvalue weighted by atomic mass is 9.99. The zero-order chi connectivity index (χ0) is 73.8. The molecule has 0 radical (unpaired) electrons. The molecule has 0 aliphatic carbocycles. The minimum Gasteiger partial charge on any atom is -0.462 e. The summed E-state index contributed by atoms with van der Waals surface area (Å²) in [6.07, 6.45) is 57.2. The molecule has 19 heteroatoms. The van der Waals surface area contributed by atoms with Crippen LogP contribution in [0, 0.1) is 23.7 Å². The second kappa shape index (κ2) is 70.1. The van der Waals surface area contributed by atoms with E-state index in [0.29, 0.717) is 31.6 Å². The molecule has 0 spiro atoms. The van der Waals surface area contributed by atoms with Crippen LogP contribution < -0.4 is 0 Å². The monoisotopic (exact) mass is 1470 g/mol. The second-order valence-electron chi connectivity index (χ2n) is 30.6. The maximum absolute atomic E-state index is 13.1. The molecule has 3 N–H and O–H groups in total. The highest BCUT2D eigenvalue weighted by Gasteiger charge is 2.30. The Morgan fingerprint density at radius 1 is 0.280 bits per heavy atom. The van der Waals surface area contributed by atoms with Crippen LogP contribution in [0.5, 0.6) is 0 Å². The number of phosphoric ester groups is 2. The van der Waals surface area contributed by atoms with Crippen LogP contribution in [0.2, 0.25) is 0 Å². The largest absolute Gasteiger partial charge is 0.472 e. The maximum atomic E-state index is 13.1. The minimum atomic E-state index is -4.96. The van der Waals surface area contributed by atoms with Gasteiger partial charge in [-0.15, -0.1) is 0 Å². The van der Waals surface area contributed by atoms with E-state index in [1.807, 2.05) is 0 Å². The SMILES string of the molecule is CCC(C)CCCCCCCCCCCCCCCCCCCCC(=O)O[C@H](COC(=O)CCCCCCCCCC(C)C)COP(=O)(O)OCC(O)COP(=O)(O)OC[C@@H](COC(=O)CCCCCCCCCCCCCCCCCC(C)C)OC(=O)CCCCCCCCC(C)CC. The number of ether oxygens (including phenoxy) is 4. The zero-order valence-corrected chi connectivity index (χ0v) is 67.6. The summed E-state index contributed by atoms with van der Waals surface area (Å²) in [7, 11) is -9.92. The Labute approximate surface area is 613 Å². The van der Waals surface area contributed by atoms with Gasteiger partial charge in [0.2, 0.25) is 0 Å². The molecule has 0 amide bonds. The van der Waals surface area contributed by atoms with Crippen molar-refractivity contribution in [1.29, 1.82) is 0 Å². The van der Waals surface area contributed by atoms with Crippen molar-refractivity contribution in [3.8, 4) is 0 Å². The molecule has 0 fully saturated rings. The number of aliphatic hydroxyl groups is 1. The van der Waals surface area contributed by atoms with Crippen molar-refractivity contribution in [3.63, 3.8) is 0 Å². The van der Waals surface area contributed by atoms with Crippen molar-refractivity contribution in [2.45, 2.75) is 433 Å². The maximum Gasteiger partial charge on any atom is 0.472 e. The quantitative estimate of drug-likeness (QED) is 0.0222. The number of hydrogen-bond donors (Lipinski definition) is 3. The normalized spacial score (nSPS) is 14.6. The third-order valence-corrected chi connectivity index (χ3v) is 21.4. The number of hydrogen-bond acceptors (Lipinski definition) is 15. The zero-order valence-electron chi connectivity index (χ0n) is 65.8. The van der Waals surface area contributed by atoms with E-state index < -0.39 is 97.5 Å². The van der Waals surface area contributed by atoms with Crippen molar-refractivity contribution >= 4 is 39.5 Å². The van der Waals surface area contributed by atoms with Crippen molar-refractivity contribution in [1.82, 2.24) is 0 Å². The molecular weight excluding hydrogens is 1310 g/mol. The molecule has 0 aromatic carbocycles. The molecule has 17 nitrogen and oxygen atoms in total. The van der Waals surface area contributed by atoms with Gasteiger partial charge in [-0.2, -0.15) is 0 Å². The number of carbonyl (C=O) groups is 4. The van der Waals surface area contributed by atoms with E-state index >= 15 is 0 Å². The lowest BCUT2D eigenvalue weighted by Crippen LogP contribution is -2.30. The molecule has 0 saturated heterocycles. The van der Waals surface area contributed by atoms with Gasteiger partial charge in [0.25, 0.3) is 0 Å². The molecule has 7 atom stereocenters. The number of unbranched alkanes of at least 4 members (excludes halogenated alkanes) is 42. The lowest BCUT2D eigenvalue weighted by Gasteiger charge is -2.21. The number of esters is 4. The van der Waals surface area contributed by atoms with Gasteiger partial charge in [0.15, 0.2) is 12.2 Å². The summed E-state index contributed by atoms with van der Waals surface area (Å²) in [5.41, 5.74) is 0. The number of rotatable bonds is 78. The molecule has 5 unspecified atom stereocenters. The summed E-state index contributed by atoms with van der Waals surface area (Å²) < 4.78 is 68.6. The Hall–Kier alpha value is -1.94. The van der Waals surface area contributed by atoms with Gasteiger partial charge in [0, 0.05) is 25.7 Å². The van der Waals surface area contributed by atoms with Gasteiger partial charge in [-0.25, -0.2) is 9.13 Å². The minimum absolute atomic E-state index is 0.103. The van der Waals surface area contributed by atoms with Crippen LogP contribution in [0.1, 0.15) is 415 Å². The summed E-state index contributed by atoms with van der Waals surface area (Å²) in [5.74, 6) is 0.983. The van der Waals surface area contributed by atoms with Crippen molar-refractivity contribution in [2.24, 2.45) is 23.7 Å². The average Bonchev–Trinajstić information content (AvgIpc) is 1.11. The number of phosphoric acid groups is 2. The average molecular weight is 1470 g/mol. The summed E-state index contributed by atoms with van der Waals surface area (Å²) in [6, 6.07) is 0. The Kier molecular flexibility index (Phi) is 68.7. The van der Waals surface area contributed by atoms with E-state index in [4.69, 9.17) is 37.0 Å². The fourth-order valence-corrected chi connectivity index (χ4v) is 13.9. The highest BCUT2D eigenvalue weighted by atomic mass is 31.2. The molecule has 0 rings (SSSR count). The van der Waals surface area contributed by atoms with Gasteiger partial charge in [0.05, 0.1) is 26.4 Å². The summed E-state index contributed by atoms with van der Waals surface area (Å²) >= 11 is 0.